The van der Waals surface area contributed by atoms with Gasteiger partial charge in [0, 0.05) is 19.4 Å². The van der Waals surface area contributed by atoms with Gasteiger partial charge >= 0.3 is 5.97 Å². The molecule has 22 heavy (non-hydrogen) atoms. The maximum Gasteiger partial charge on any atom is 0.303 e. The second-order valence-corrected chi connectivity index (χ2v) is 6.23. The van der Waals surface area contributed by atoms with Crippen LogP contribution < -0.4 is 0 Å². The Balaban J connectivity index is 2.48. The molecule has 0 saturated carbocycles. The third kappa shape index (κ3) is 5.91. The molecule has 2 atom stereocenters. The van der Waals surface area contributed by atoms with E-state index in [1.54, 1.807) is 6.08 Å². The van der Waals surface area contributed by atoms with Crippen LogP contribution in [-0.2, 0) is 14.3 Å². The molecular formula is C18H30O4. The Kier molecular flexibility index (Phi) is 8.39. The van der Waals surface area contributed by atoms with Gasteiger partial charge in [-0.1, -0.05) is 39.5 Å². The topological polar surface area (TPSA) is 63.6 Å². The molecular weight excluding hydrogens is 280 g/mol. The van der Waals surface area contributed by atoms with Crippen molar-refractivity contribution in [2.45, 2.75) is 77.2 Å². The molecule has 0 aromatic carbocycles. The normalized spacial score (nSPS) is 22.2. The second kappa shape index (κ2) is 9.78. The zero-order valence-corrected chi connectivity index (χ0v) is 14.0. The Morgan fingerprint density at radius 3 is 2.64 bits per heavy atom. The summed E-state index contributed by atoms with van der Waals surface area (Å²) in [5, 5.41) is 8.62. The Morgan fingerprint density at radius 2 is 2.09 bits per heavy atom. The lowest BCUT2D eigenvalue weighted by Gasteiger charge is -2.35. The van der Waals surface area contributed by atoms with E-state index in [1.807, 2.05) is 6.08 Å². The molecule has 0 bridgehead atoms. The molecule has 0 aliphatic heterocycles. The summed E-state index contributed by atoms with van der Waals surface area (Å²) >= 11 is 0. The van der Waals surface area contributed by atoms with Crippen molar-refractivity contribution in [3.8, 4) is 0 Å². The minimum Gasteiger partial charge on any atom is -0.481 e. The summed E-state index contributed by atoms with van der Waals surface area (Å²) in [7, 11) is 0. The largest absolute Gasteiger partial charge is 0.481 e. The lowest BCUT2D eigenvalue weighted by Crippen LogP contribution is -2.38. The molecule has 0 fully saturated rings. The zero-order valence-electron chi connectivity index (χ0n) is 14.0. The molecule has 0 spiro atoms. The quantitative estimate of drug-likeness (QED) is 0.550. The van der Waals surface area contributed by atoms with E-state index in [0.29, 0.717) is 25.4 Å². The molecule has 0 amide bonds. The van der Waals surface area contributed by atoms with Crippen molar-refractivity contribution in [2.75, 3.05) is 6.61 Å². The Morgan fingerprint density at radius 1 is 1.32 bits per heavy atom. The third-order valence-electron chi connectivity index (χ3n) is 4.50. The predicted molar refractivity (Wildman–Crippen MR) is 86.9 cm³/mol. The summed E-state index contributed by atoms with van der Waals surface area (Å²) in [6.07, 6.45) is 11.1. The van der Waals surface area contributed by atoms with Crippen LogP contribution in [0.25, 0.3) is 0 Å². The fourth-order valence-corrected chi connectivity index (χ4v) is 3.18. The van der Waals surface area contributed by atoms with Crippen LogP contribution in [0.2, 0.25) is 0 Å². The van der Waals surface area contributed by atoms with Crippen LogP contribution in [0.15, 0.2) is 12.2 Å². The van der Waals surface area contributed by atoms with Gasteiger partial charge < -0.3 is 9.84 Å². The molecule has 0 radical (unpaired) electrons. The summed E-state index contributed by atoms with van der Waals surface area (Å²) in [6, 6.07) is 0. The number of carbonyl (C=O) groups excluding carboxylic acids is 1. The Bertz CT molecular complexity index is 389. The Hall–Kier alpha value is -1.16. The van der Waals surface area contributed by atoms with E-state index in [9.17, 15) is 9.59 Å². The molecule has 4 heteroatoms. The number of hydrogen-bond acceptors (Lipinski definition) is 3. The summed E-state index contributed by atoms with van der Waals surface area (Å²) in [5.41, 5.74) is -0.423. The van der Waals surface area contributed by atoms with Crippen LogP contribution >= 0.6 is 0 Å². The fraction of sp³-hybridized carbons (Fsp3) is 0.778. The number of unbranched alkanes of at least 4 members (excludes halogenated alkanes) is 3. The SMILES string of the molecule is CCCC[C@@H](CC)[C@@]1(OCCCCCC(=O)O)C=CC(=O)C1. The molecule has 0 saturated heterocycles. The standard InChI is InChI=1S/C18H30O4/c1-3-5-9-15(4-2)18(12-11-16(19)14-18)22-13-8-6-7-10-17(20)21/h11-12,15H,3-10,13-14H2,1-2H3,(H,20,21)/t15-,18-/m1/s1. The monoisotopic (exact) mass is 310 g/mol. The molecule has 4 nitrogen and oxygen atoms in total. The zero-order chi connectivity index (χ0) is 16.4. The summed E-state index contributed by atoms with van der Waals surface area (Å²) < 4.78 is 6.16. The summed E-state index contributed by atoms with van der Waals surface area (Å²) in [6.45, 7) is 4.94. The first kappa shape index (κ1) is 18.9. The van der Waals surface area contributed by atoms with E-state index in [1.165, 1.54) is 0 Å². The van der Waals surface area contributed by atoms with Gasteiger partial charge in [0.25, 0.3) is 0 Å². The van der Waals surface area contributed by atoms with Gasteiger partial charge in [-0.3, -0.25) is 9.59 Å². The number of rotatable bonds is 12. The van der Waals surface area contributed by atoms with Gasteiger partial charge in [-0.25, -0.2) is 0 Å². The highest BCUT2D eigenvalue weighted by atomic mass is 16.5. The van der Waals surface area contributed by atoms with Crippen LogP contribution in [0.4, 0.5) is 0 Å². The van der Waals surface area contributed by atoms with Crippen molar-refractivity contribution in [3.05, 3.63) is 12.2 Å². The van der Waals surface area contributed by atoms with E-state index < -0.39 is 11.6 Å². The average Bonchev–Trinajstić information content (AvgIpc) is 2.85. The maximum absolute atomic E-state index is 11.7. The highest BCUT2D eigenvalue weighted by Gasteiger charge is 2.40. The second-order valence-electron chi connectivity index (χ2n) is 6.23. The van der Waals surface area contributed by atoms with Crippen molar-refractivity contribution >= 4 is 11.8 Å². The highest BCUT2D eigenvalue weighted by Crippen LogP contribution is 2.37. The lowest BCUT2D eigenvalue weighted by molar-refractivity contribution is -0.137. The molecule has 0 unspecified atom stereocenters. The van der Waals surface area contributed by atoms with Gasteiger partial charge in [-0.05, 0) is 37.3 Å². The van der Waals surface area contributed by atoms with E-state index in [4.69, 9.17) is 9.84 Å². The van der Waals surface area contributed by atoms with Crippen molar-refractivity contribution in [1.29, 1.82) is 0 Å². The minimum absolute atomic E-state index is 0.154. The van der Waals surface area contributed by atoms with Crippen LogP contribution in [0, 0.1) is 5.92 Å². The number of carbonyl (C=O) groups is 2. The number of carboxylic acids is 1. The van der Waals surface area contributed by atoms with Gasteiger partial charge in [0.2, 0.25) is 0 Å². The molecule has 1 aliphatic carbocycles. The van der Waals surface area contributed by atoms with Crippen LogP contribution in [0.5, 0.6) is 0 Å². The van der Waals surface area contributed by atoms with Gasteiger partial charge in [-0.15, -0.1) is 0 Å². The number of hydrogen-bond donors (Lipinski definition) is 1. The van der Waals surface area contributed by atoms with Crippen molar-refractivity contribution in [3.63, 3.8) is 0 Å². The van der Waals surface area contributed by atoms with E-state index in [0.717, 1.165) is 38.5 Å². The van der Waals surface area contributed by atoms with Crippen LogP contribution in [-0.4, -0.2) is 29.1 Å². The van der Waals surface area contributed by atoms with E-state index in [2.05, 4.69) is 13.8 Å². The number of aliphatic carboxylic acids is 1. The van der Waals surface area contributed by atoms with Gasteiger partial charge in [0.05, 0.1) is 5.60 Å². The molecule has 0 aromatic heterocycles. The minimum atomic E-state index is -0.743. The van der Waals surface area contributed by atoms with Crippen molar-refractivity contribution < 1.29 is 19.4 Å². The smallest absolute Gasteiger partial charge is 0.303 e. The summed E-state index contributed by atoms with van der Waals surface area (Å²) in [4.78, 5) is 22.2. The molecule has 1 rings (SSSR count). The number of ketones is 1. The fourth-order valence-electron chi connectivity index (χ4n) is 3.18. The van der Waals surface area contributed by atoms with Gasteiger partial charge in [-0.2, -0.15) is 0 Å². The van der Waals surface area contributed by atoms with Crippen LogP contribution in [0.3, 0.4) is 0 Å². The van der Waals surface area contributed by atoms with Crippen molar-refractivity contribution in [2.24, 2.45) is 5.92 Å². The third-order valence-corrected chi connectivity index (χ3v) is 4.50. The van der Waals surface area contributed by atoms with Gasteiger partial charge in [0.1, 0.15) is 0 Å². The van der Waals surface area contributed by atoms with E-state index >= 15 is 0 Å². The number of allylic oxidation sites excluding steroid dienone is 1. The molecule has 0 aromatic rings. The highest BCUT2D eigenvalue weighted by molar-refractivity contribution is 5.93. The molecule has 1 N–H and O–H groups in total. The number of ether oxygens (including phenoxy) is 1. The number of carboxylic acid groups (broad SMARTS) is 1. The first-order valence-corrected chi connectivity index (χ1v) is 8.62. The molecule has 0 heterocycles. The molecule has 1 aliphatic rings. The van der Waals surface area contributed by atoms with Crippen LogP contribution in [0.1, 0.15) is 71.6 Å². The molecule has 126 valence electrons. The van der Waals surface area contributed by atoms with Gasteiger partial charge in [0.15, 0.2) is 5.78 Å². The Labute approximate surface area is 133 Å². The summed E-state index contributed by atoms with van der Waals surface area (Å²) in [5.74, 6) is -0.206. The first-order valence-electron chi connectivity index (χ1n) is 8.62. The maximum atomic E-state index is 11.7. The first-order chi connectivity index (χ1) is 10.5. The van der Waals surface area contributed by atoms with Crippen molar-refractivity contribution in [1.82, 2.24) is 0 Å². The predicted octanol–water partition coefficient (Wildman–Crippen LogP) is 4.13. The van der Waals surface area contributed by atoms with E-state index in [-0.39, 0.29) is 12.2 Å². The lowest BCUT2D eigenvalue weighted by atomic mass is 9.81. The average molecular weight is 310 g/mol.